The number of para-hydroxylation sites is 1. The summed E-state index contributed by atoms with van der Waals surface area (Å²) >= 11 is 0. The first kappa shape index (κ1) is 18.1. The second-order valence-electron chi connectivity index (χ2n) is 9.06. The zero-order chi connectivity index (χ0) is 22.4. The predicted octanol–water partition coefficient (Wildman–Crippen LogP) is 8.16. The van der Waals surface area contributed by atoms with E-state index in [9.17, 15) is 0 Å². The SMILES string of the molecule is CCc1nc2cccc3c2n1-c1cc(-c2ccc4c5c(cccc25)-c2ccccc2-4)ccc1O3. The Hall–Kier alpha value is -4.37. The Morgan fingerprint density at radius 2 is 1.47 bits per heavy atom. The van der Waals surface area contributed by atoms with Crippen molar-refractivity contribution in [2.24, 2.45) is 0 Å². The minimum absolute atomic E-state index is 0.858. The molecule has 0 atom stereocenters. The van der Waals surface area contributed by atoms with E-state index in [0.717, 1.165) is 40.5 Å². The van der Waals surface area contributed by atoms with Crippen molar-refractivity contribution in [3.05, 3.63) is 96.8 Å². The summed E-state index contributed by atoms with van der Waals surface area (Å²) in [5.74, 6) is 2.79. The first-order valence-electron chi connectivity index (χ1n) is 11.8. The molecule has 0 bridgehead atoms. The number of benzene rings is 5. The summed E-state index contributed by atoms with van der Waals surface area (Å²) in [6, 6.07) is 32.6. The second-order valence-corrected chi connectivity index (χ2v) is 9.06. The van der Waals surface area contributed by atoms with Gasteiger partial charge in [0.25, 0.3) is 0 Å². The normalized spacial score (nSPS) is 12.6. The maximum absolute atomic E-state index is 6.32. The number of aromatic nitrogens is 2. The molecule has 3 nitrogen and oxygen atoms in total. The molecule has 2 heterocycles. The number of nitrogens with zero attached hydrogens (tertiary/aromatic N) is 2. The Morgan fingerprint density at radius 1 is 0.706 bits per heavy atom. The van der Waals surface area contributed by atoms with Gasteiger partial charge in [0.1, 0.15) is 11.3 Å². The van der Waals surface area contributed by atoms with E-state index in [0.29, 0.717) is 0 Å². The van der Waals surface area contributed by atoms with Crippen LogP contribution in [0, 0.1) is 0 Å². The molecular weight excluding hydrogens is 416 g/mol. The van der Waals surface area contributed by atoms with Crippen LogP contribution in [0.3, 0.4) is 0 Å². The van der Waals surface area contributed by atoms with Crippen molar-refractivity contribution >= 4 is 21.8 Å². The highest BCUT2D eigenvalue weighted by atomic mass is 16.5. The van der Waals surface area contributed by atoms with Gasteiger partial charge < -0.3 is 4.74 Å². The molecule has 0 unspecified atom stereocenters. The Morgan fingerprint density at radius 3 is 2.32 bits per heavy atom. The van der Waals surface area contributed by atoms with E-state index >= 15 is 0 Å². The molecule has 1 aliphatic carbocycles. The number of hydrogen-bond acceptors (Lipinski definition) is 2. The van der Waals surface area contributed by atoms with Gasteiger partial charge in [-0.3, -0.25) is 4.57 Å². The van der Waals surface area contributed by atoms with Gasteiger partial charge in [0.05, 0.1) is 11.2 Å². The molecule has 0 amide bonds. The van der Waals surface area contributed by atoms with E-state index in [2.05, 4.69) is 90.4 Å². The summed E-state index contributed by atoms with van der Waals surface area (Å²) in [5, 5.41) is 2.63. The van der Waals surface area contributed by atoms with Crippen LogP contribution in [0.4, 0.5) is 0 Å². The van der Waals surface area contributed by atoms with Crippen LogP contribution < -0.4 is 4.74 Å². The largest absolute Gasteiger partial charge is 0.453 e. The molecular formula is C31H20N2O. The van der Waals surface area contributed by atoms with Crippen molar-refractivity contribution in [2.75, 3.05) is 0 Å². The quantitative estimate of drug-likeness (QED) is 0.273. The molecule has 34 heavy (non-hydrogen) atoms. The van der Waals surface area contributed by atoms with E-state index in [4.69, 9.17) is 9.72 Å². The van der Waals surface area contributed by atoms with Crippen LogP contribution in [0.25, 0.3) is 60.9 Å². The van der Waals surface area contributed by atoms with Gasteiger partial charge in [-0.05, 0) is 68.4 Å². The minimum Gasteiger partial charge on any atom is -0.453 e. The molecule has 3 heteroatoms. The summed E-state index contributed by atoms with van der Waals surface area (Å²) < 4.78 is 8.60. The van der Waals surface area contributed by atoms with E-state index in [1.165, 1.54) is 44.2 Å². The van der Waals surface area contributed by atoms with Crippen LogP contribution in [0.1, 0.15) is 12.7 Å². The second kappa shape index (κ2) is 6.36. The van der Waals surface area contributed by atoms with E-state index in [1.54, 1.807) is 0 Å². The van der Waals surface area contributed by atoms with Gasteiger partial charge in [-0.2, -0.15) is 0 Å². The fourth-order valence-electron chi connectivity index (χ4n) is 5.85. The van der Waals surface area contributed by atoms with Crippen molar-refractivity contribution in [1.82, 2.24) is 9.55 Å². The van der Waals surface area contributed by atoms with Crippen molar-refractivity contribution in [2.45, 2.75) is 13.3 Å². The van der Waals surface area contributed by atoms with Crippen molar-refractivity contribution in [1.29, 1.82) is 0 Å². The number of ether oxygens (including phenoxy) is 1. The van der Waals surface area contributed by atoms with Crippen LogP contribution in [0.2, 0.25) is 0 Å². The van der Waals surface area contributed by atoms with Crippen LogP contribution in [-0.4, -0.2) is 9.55 Å². The zero-order valence-electron chi connectivity index (χ0n) is 18.7. The zero-order valence-corrected chi connectivity index (χ0v) is 18.7. The highest BCUT2D eigenvalue weighted by Crippen LogP contribution is 2.50. The lowest BCUT2D eigenvalue weighted by Gasteiger charge is -2.22. The maximum atomic E-state index is 6.32. The molecule has 6 aromatic rings. The Balaban J connectivity index is 1.39. The molecule has 5 aromatic carbocycles. The molecule has 0 saturated heterocycles. The molecule has 8 rings (SSSR count). The molecule has 0 radical (unpaired) electrons. The summed E-state index contributed by atoms with van der Waals surface area (Å²) in [6.07, 6.45) is 0.858. The molecule has 0 saturated carbocycles. The smallest absolute Gasteiger partial charge is 0.153 e. The third kappa shape index (κ3) is 2.19. The van der Waals surface area contributed by atoms with Gasteiger partial charge in [-0.15, -0.1) is 0 Å². The molecule has 1 aromatic heterocycles. The first-order valence-corrected chi connectivity index (χ1v) is 11.8. The fourth-order valence-corrected chi connectivity index (χ4v) is 5.85. The summed E-state index contributed by atoms with van der Waals surface area (Å²) in [7, 11) is 0. The standard InChI is InChI=1S/C31H20N2O/c1-2-29-32-25-11-6-12-28-31(25)33(29)26-17-18(13-16-27(26)34-28)19-14-15-24-21-8-4-3-7-20(21)23-10-5-9-22(19)30(23)24/h3-17H,2H2,1H3. The number of imidazole rings is 1. The number of fused-ring (bicyclic) bond motifs is 5. The van der Waals surface area contributed by atoms with Crippen molar-refractivity contribution in [3.8, 4) is 50.6 Å². The number of rotatable bonds is 2. The topological polar surface area (TPSA) is 27.1 Å². The average molecular weight is 437 g/mol. The van der Waals surface area contributed by atoms with Gasteiger partial charge in [-0.25, -0.2) is 4.98 Å². The van der Waals surface area contributed by atoms with Gasteiger partial charge >= 0.3 is 0 Å². The number of hydrogen-bond donors (Lipinski definition) is 0. The van der Waals surface area contributed by atoms with E-state index in [-0.39, 0.29) is 0 Å². The third-order valence-electron chi connectivity index (χ3n) is 7.30. The molecule has 0 N–H and O–H groups in total. The van der Waals surface area contributed by atoms with Crippen molar-refractivity contribution < 1.29 is 4.74 Å². The first-order chi connectivity index (χ1) is 16.8. The maximum Gasteiger partial charge on any atom is 0.153 e. The molecule has 0 spiro atoms. The van der Waals surface area contributed by atoms with E-state index in [1.807, 2.05) is 12.1 Å². The predicted molar refractivity (Wildman–Crippen MR) is 138 cm³/mol. The lowest BCUT2D eigenvalue weighted by molar-refractivity contribution is 0.474. The fraction of sp³-hybridized carbons (Fsp3) is 0.0645. The lowest BCUT2D eigenvalue weighted by Crippen LogP contribution is -2.07. The lowest BCUT2D eigenvalue weighted by atomic mass is 9.94. The summed E-state index contributed by atoms with van der Waals surface area (Å²) in [5.41, 5.74) is 10.8. The Kier molecular flexibility index (Phi) is 3.39. The molecule has 160 valence electrons. The van der Waals surface area contributed by atoms with Crippen molar-refractivity contribution in [3.63, 3.8) is 0 Å². The van der Waals surface area contributed by atoms with Gasteiger partial charge in [-0.1, -0.05) is 73.7 Å². The average Bonchev–Trinajstić information content (AvgIpc) is 3.43. The minimum atomic E-state index is 0.858. The van der Waals surface area contributed by atoms with Crippen LogP contribution in [0.5, 0.6) is 11.5 Å². The van der Waals surface area contributed by atoms with Crippen LogP contribution in [-0.2, 0) is 6.42 Å². The molecule has 1 aliphatic heterocycles. The Labute approximate surface area is 196 Å². The number of aryl methyl sites for hydroxylation is 1. The van der Waals surface area contributed by atoms with Crippen LogP contribution >= 0.6 is 0 Å². The molecule has 2 aliphatic rings. The van der Waals surface area contributed by atoms with Crippen LogP contribution in [0.15, 0.2) is 91.0 Å². The van der Waals surface area contributed by atoms with Gasteiger partial charge in [0.15, 0.2) is 11.5 Å². The summed E-state index contributed by atoms with van der Waals surface area (Å²) in [6.45, 7) is 2.16. The third-order valence-corrected chi connectivity index (χ3v) is 7.30. The van der Waals surface area contributed by atoms with Gasteiger partial charge in [0, 0.05) is 6.42 Å². The van der Waals surface area contributed by atoms with Gasteiger partial charge in [0.2, 0.25) is 0 Å². The van der Waals surface area contributed by atoms with E-state index < -0.39 is 0 Å². The summed E-state index contributed by atoms with van der Waals surface area (Å²) in [4.78, 5) is 4.89. The monoisotopic (exact) mass is 436 g/mol. The molecule has 0 fully saturated rings. The highest BCUT2D eigenvalue weighted by Gasteiger charge is 2.25. The Bertz CT molecular complexity index is 1800. The highest BCUT2D eigenvalue weighted by molar-refractivity contribution is 6.18.